The second-order valence-corrected chi connectivity index (χ2v) is 5.97. The zero-order chi connectivity index (χ0) is 16.6. The van der Waals surface area contributed by atoms with Gasteiger partial charge in [-0.1, -0.05) is 12.7 Å². The van der Waals surface area contributed by atoms with Gasteiger partial charge in [-0.05, 0) is 49.6 Å². The molecule has 2 heterocycles. The first-order valence-electron chi connectivity index (χ1n) is 7.70. The van der Waals surface area contributed by atoms with Crippen LogP contribution in [-0.4, -0.2) is 14.5 Å². The number of benzene rings is 1. The Morgan fingerprint density at radius 3 is 2.48 bits per heavy atom. The summed E-state index contributed by atoms with van der Waals surface area (Å²) in [6.45, 7) is 14.9. The van der Waals surface area contributed by atoms with Crippen molar-refractivity contribution in [3.8, 4) is 11.1 Å². The minimum absolute atomic E-state index is 0.784. The van der Waals surface area contributed by atoms with Gasteiger partial charge in [-0.2, -0.15) is 0 Å². The highest BCUT2D eigenvalue weighted by Gasteiger charge is 2.13. The van der Waals surface area contributed by atoms with Gasteiger partial charge in [0.25, 0.3) is 0 Å². The molecule has 116 valence electrons. The topological polar surface area (TPSA) is 30.7 Å². The fourth-order valence-corrected chi connectivity index (χ4v) is 2.99. The highest BCUT2D eigenvalue weighted by Crippen LogP contribution is 2.33. The number of fused-ring (bicyclic) bond motifs is 1. The van der Waals surface area contributed by atoms with Crippen molar-refractivity contribution in [1.29, 1.82) is 0 Å². The standard InChI is InChI=1S/C20H21N3/c1-6-7-23-12-19(13(2)3)18-9-16(8-14(4)20(18)23)17-10-21-15(5)22-11-17/h6,8-12H,1-2,7H2,3-5H3. The molecule has 0 saturated heterocycles. The van der Waals surface area contributed by atoms with Gasteiger partial charge in [-0.3, -0.25) is 0 Å². The number of allylic oxidation sites excluding steroid dienone is 2. The number of hydrogen-bond donors (Lipinski definition) is 0. The number of hydrogen-bond acceptors (Lipinski definition) is 2. The summed E-state index contributed by atoms with van der Waals surface area (Å²) in [6.07, 6.45) is 7.84. The van der Waals surface area contributed by atoms with E-state index < -0.39 is 0 Å². The van der Waals surface area contributed by atoms with E-state index in [2.05, 4.69) is 52.9 Å². The molecule has 3 heteroatoms. The summed E-state index contributed by atoms with van der Waals surface area (Å²) in [5.41, 5.74) is 6.88. The molecule has 0 radical (unpaired) electrons. The smallest absolute Gasteiger partial charge is 0.125 e. The second kappa shape index (κ2) is 5.84. The third-order valence-electron chi connectivity index (χ3n) is 4.06. The van der Waals surface area contributed by atoms with Crippen molar-refractivity contribution in [2.75, 3.05) is 0 Å². The van der Waals surface area contributed by atoms with Crippen LogP contribution in [0.4, 0.5) is 0 Å². The highest BCUT2D eigenvalue weighted by molar-refractivity contribution is 5.97. The monoisotopic (exact) mass is 303 g/mol. The molecule has 0 unspecified atom stereocenters. The van der Waals surface area contributed by atoms with Gasteiger partial charge in [-0.25, -0.2) is 9.97 Å². The highest BCUT2D eigenvalue weighted by atomic mass is 15.0. The maximum Gasteiger partial charge on any atom is 0.125 e. The molecule has 0 aliphatic heterocycles. The predicted octanol–water partition coefficient (Wildman–Crippen LogP) is 4.93. The molecule has 0 bridgehead atoms. The Morgan fingerprint density at radius 1 is 1.17 bits per heavy atom. The molecule has 3 nitrogen and oxygen atoms in total. The average molecular weight is 303 g/mol. The molecule has 2 aromatic heterocycles. The van der Waals surface area contributed by atoms with Crippen LogP contribution in [0.25, 0.3) is 27.6 Å². The van der Waals surface area contributed by atoms with E-state index >= 15 is 0 Å². The molecule has 3 rings (SSSR count). The van der Waals surface area contributed by atoms with Gasteiger partial charge in [0.15, 0.2) is 0 Å². The molecule has 0 aliphatic rings. The molecule has 0 aliphatic carbocycles. The molecule has 0 amide bonds. The van der Waals surface area contributed by atoms with Crippen LogP contribution in [0.15, 0.2) is 50.0 Å². The van der Waals surface area contributed by atoms with E-state index in [1.807, 2.05) is 32.3 Å². The van der Waals surface area contributed by atoms with Crippen LogP contribution in [-0.2, 0) is 6.54 Å². The first-order valence-corrected chi connectivity index (χ1v) is 7.70. The van der Waals surface area contributed by atoms with Crippen molar-refractivity contribution in [3.05, 3.63) is 66.9 Å². The van der Waals surface area contributed by atoms with Crippen molar-refractivity contribution in [2.45, 2.75) is 27.3 Å². The summed E-state index contributed by atoms with van der Waals surface area (Å²) in [5, 5.41) is 1.22. The molecular weight excluding hydrogens is 282 g/mol. The Kier molecular flexibility index (Phi) is 3.87. The molecule has 1 aromatic carbocycles. The summed E-state index contributed by atoms with van der Waals surface area (Å²) in [5.74, 6) is 0.784. The Hall–Kier alpha value is -2.68. The van der Waals surface area contributed by atoms with Crippen LogP contribution in [0, 0.1) is 13.8 Å². The van der Waals surface area contributed by atoms with E-state index in [1.54, 1.807) is 0 Å². The van der Waals surface area contributed by atoms with E-state index in [1.165, 1.54) is 22.0 Å². The molecule has 0 N–H and O–H groups in total. The lowest BCUT2D eigenvalue weighted by Crippen LogP contribution is -1.94. The lowest BCUT2D eigenvalue weighted by atomic mass is 9.99. The molecule has 3 aromatic rings. The van der Waals surface area contributed by atoms with Crippen LogP contribution >= 0.6 is 0 Å². The minimum Gasteiger partial charge on any atom is -0.343 e. The molecule has 0 spiro atoms. The van der Waals surface area contributed by atoms with E-state index in [-0.39, 0.29) is 0 Å². The van der Waals surface area contributed by atoms with Gasteiger partial charge in [-0.15, -0.1) is 6.58 Å². The lowest BCUT2D eigenvalue weighted by molar-refractivity contribution is 0.861. The molecule has 0 fully saturated rings. The average Bonchev–Trinajstić information content (AvgIpc) is 2.88. The van der Waals surface area contributed by atoms with Crippen molar-refractivity contribution in [2.24, 2.45) is 0 Å². The fraction of sp³-hybridized carbons (Fsp3) is 0.200. The summed E-state index contributed by atoms with van der Waals surface area (Å²) in [6, 6.07) is 4.40. The van der Waals surface area contributed by atoms with Crippen LogP contribution < -0.4 is 0 Å². The molecular formula is C20H21N3. The minimum atomic E-state index is 0.784. The summed E-state index contributed by atoms with van der Waals surface area (Å²) < 4.78 is 2.23. The quantitative estimate of drug-likeness (QED) is 0.639. The van der Waals surface area contributed by atoms with Crippen molar-refractivity contribution in [1.82, 2.24) is 14.5 Å². The zero-order valence-electron chi connectivity index (χ0n) is 13.9. The number of aromatic nitrogens is 3. The SMILES string of the molecule is C=CCn1cc(C(=C)C)c2cc(-c3cnc(C)nc3)cc(C)c21. The zero-order valence-corrected chi connectivity index (χ0v) is 13.9. The predicted molar refractivity (Wildman–Crippen MR) is 97.3 cm³/mol. The second-order valence-electron chi connectivity index (χ2n) is 5.97. The van der Waals surface area contributed by atoms with Gasteiger partial charge >= 0.3 is 0 Å². The van der Waals surface area contributed by atoms with Gasteiger partial charge < -0.3 is 4.57 Å². The maximum atomic E-state index is 4.31. The largest absolute Gasteiger partial charge is 0.343 e. The first-order chi connectivity index (χ1) is 11.0. The Labute approximate surface area is 137 Å². The summed E-state index contributed by atoms with van der Waals surface area (Å²) in [4.78, 5) is 8.62. The lowest BCUT2D eigenvalue weighted by Gasteiger charge is -2.08. The molecule has 0 saturated carbocycles. The Balaban J connectivity index is 2.28. The van der Waals surface area contributed by atoms with Crippen LogP contribution in [0.5, 0.6) is 0 Å². The maximum absolute atomic E-state index is 4.31. The van der Waals surface area contributed by atoms with Crippen LogP contribution in [0.1, 0.15) is 23.9 Å². The van der Waals surface area contributed by atoms with Crippen LogP contribution in [0.2, 0.25) is 0 Å². The van der Waals surface area contributed by atoms with Crippen molar-refractivity contribution < 1.29 is 0 Å². The third-order valence-corrected chi connectivity index (χ3v) is 4.06. The Bertz CT molecular complexity index is 899. The third kappa shape index (κ3) is 2.70. The van der Waals surface area contributed by atoms with E-state index in [9.17, 15) is 0 Å². The van der Waals surface area contributed by atoms with Crippen molar-refractivity contribution in [3.63, 3.8) is 0 Å². The van der Waals surface area contributed by atoms with Gasteiger partial charge in [0.1, 0.15) is 5.82 Å². The number of rotatable bonds is 4. The normalized spacial score (nSPS) is 10.9. The van der Waals surface area contributed by atoms with E-state index in [0.717, 1.165) is 29.1 Å². The van der Waals surface area contributed by atoms with Crippen molar-refractivity contribution >= 4 is 16.5 Å². The van der Waals surface area contributed by atoms with Gasteiger partial charge in [0.2, 0.25) is 0 Å². The van der Waals surface area contributed by atoms with E-state index in [4.69, 9.17) is 0 Å². The first kappa shape index (κ1) is 15.2. The summed E-state index contributed by atoms with van der Waals surface area (Å²) >= 11 is 0. The van der Waals surface area contributed by atoms with Gasteiger partial charge in [0.05, 0.1) is 5.52 Å². The molecule has 23 heavy (non-hydrogen) atoms. The van der Waals surface area contributed by atoms with Crippen LogP contribution in [0.3, 0.4) is 0 Å². The Morgan fingerprint density at radius 2 is 1.87 bits per heavy atom. The fourth-order valence-electron chi connectivity index (χ4n) is 2.99. The number of aryl methyl sites for hydroxylation is 2. The molecule has 0 atom stereocenters. The number of nitrogens with zero attached hydrogens (tertiary/aromatic N) is 3. The van der Waals surface area contributed by atoms with Gasteiger partial charge in [0, 0.05) is 41.6 Å². The summed E-state index contributed by atoms with van der Waals surface area (Å²) in [7, 11) is 0. The van der Waals surface area contributed by atoms with E-state index in [0.29, 0.717) is 0 Å².